The molecule has 1 N–H and O–H groups in total. The summed E-state index contributed by atoms with van der Waals surface area (Å²) in [5.41, 5.74) is 1.24. The van der Waals surface area contributed by atoms with Crippen LogP contribution in [0.15, 0.2) is 16.7 Å². The summed E-state index contributed by atoms with van der Waals surface area (Å²) >= 11 is 3.52. The third kappa shape index (κ3) is 3.25. The Kier molecular flexibility index (Phi) is 4.82. The first-order valence-corrected chi connectivity index (χ1v) is 8.72. The van der Waals surface area contributed by atoms with Crippen LogP contribution in [0.2, 0.25) is 0 Å². The van der Waals surface area contributed by atoms with Crippen LogP contribution in [0.5, 0.6) is 0 Å². The molecular formula is C16H24BrN3O. The fraction of sp³-hybridized carbons (Fsp3) is 0.688. The maximum absolute atomic E-state index is 9.49. The standard InChI is InChI=1S/C16H24BrN3O/c1-12-8-16(18-9-15(12)17)20-7-3-4-13(20)10-19-6-2-5-14(19)11-21/h8-9,13-14,21H,2-7,10-11H2,1H3. The smallest absolute Gasteiger partial charge is 0.129 e. The Morgan fingerprint density at radius 2 is 2.05 bits per heavy atom. The van der Waals surface area contributed by atoms with Gasteiger partial charge in [0.05, 0.1) is 6.61 Å². The van der Waals surface area contributed by atoms with Crippen molar-refractivity contribution in [1.82, 2.24) is 9.88 Å². The zero-order valence-corrected chi connectivity index (χ0v) is 14.2. The SMILES string of the molecule is Cc1cc(N2CCCC2CN2CCCC2CO)ncc1Br. The monoisotopic (exact) mass is 353 g/mol. The number of aliphatic hydroxyl groups excluding tert-OH is 1. The molecule has 1 aromatic heterocycles. The predicted molar refractivity (Wildman–Crippen MR) is 88.7 cm³/mol. The molecule has 5 heteroatoms. The average molecular weight is 354 g/mol. The molecule has 0 bridgehead atoms. The van der Waals surface area contributed by atoms with Crippen LogP contribution in [0.25, 0.3) is 0 Å². The van der Waals surface area contributed by atoms with Crippen molar-refractivity contribution in [2.45, 2.75) is 44.7 Å². The molecule has 0 aromatic carbocycles. The van der Waals surface area contributed by atoms with Gasteiger partial charge in [-0.25, -0.2) is 4.98 Å². The summed E-state index contributed by atoms with van der Waals surface area (Å²) in [6.07, 6.45) is 6.73. The lowest BCUT2D eigenvalue weighted by molar-refractivity contribution is 0.153. The molecule has 21 heavy (non-hydrogen) atoms. The summed E-state index contributed by atoms with van der Waals surface area (Å²) in [4.78, 5) is 9.51. The van der Waals surface area contributed by atoms with E-state index in [4.69, 9.17) is 0 Å². The molecule has 0 aliphatic carbocycles. The Morgan fingerprint density at radius 1 is 1.29 bits per heavy atom. The van der Waals surface area contributed by atoms with Crippen LogP contribution >= 0.6 is 15.9 Å². The number of aryl methyl sites for hydroxylation is 1. The highest BCUT2D eigenvalue weighted by atomic mass is 79.9. The van der Waals surface area contributed by atoms with Gasteiger partial charge in [0, 0.05) is 35.8 Å². The summed E-state index contributed by atoms with van der Waals surface area (Å²) in [7, 11) is 0. The fourth-order valence-corrected chi connectivity index (χ4v) is 3.84. The number of halogens is 1. The predicted octanol–water partition coefficient (Wildman–Crippen LogP) is 2.58. The minimum absolute atomic E-state index is 0.294. The number of hydrogen-bond acceptors (Lipinski definition) is 4. The normalized spacial score (nSPS) is 26.7. The van der Waals surface area contributed by atoms with E-state index in [2.05, 4.69) is 43.7 Å². The summed E-state index contributed by atoms with van der Waals surface area (Å²) < 4.78 is 1.07. The maximum Gasteiger partial charge on any atom is 0.129 e. The molecule has 2 unspecified atom stereocenters. The Hall–Kier alpha value is -0.650. The van der Waals surface area contributed by atoms with Gasteiger partial charge in [-0.05, 0) is 66.7 Å². The molecule has 2 atom stereocenters. The molecule has 116 valence electrons. The van der Waals surface area contributed by atoms with Crippen LogP contribution in [0, 0.1) is 6.92 Å². The van der Waals surface area contributed by atoms with E-state index in [1.165, 1.54) is 24.8 Å². The molecule has 0 saturated carbocycles. The van der Waals surface area contributed by atoms with Gasteiger partial charge in [0.15, 0.2) is 0 Å². The van der Waals surface area contributed by atoms with E-state index >= 15 is 0 Å². The quantitative estimate of drug-likeness (QED) is 0.902. The van der Waals surface area contributed by atoms with E-state index in [1.54, 1.807) is 0 Å². The number of rotatable bonds is 4. The van der Waals surface area contributed by atoms with Gasteiger partial charge in [0.1, 0.15) is 5.82 Å². The van der Waals surface area contributed by atoms with Crippen LogP contribution in [0.1, 0.15) is 31.2 Å². The van der Waals surface area contributed by atoms with Gasteiger partial charge in [-0.1, -0.05) is 0 Å². The van der Waals surface area contributed by atoms with Gasteiger partial charge < -0.3 is 10.0 Å². The van der Waals surface area contributed by atoms with Crippen LogP contribution in [-0.4, -0.2) is 53.3 Å². The molecule has 3 rings (SSSR count). The minimum atomic E-state index is 0.294. The van der Waals surface area contributed by atoms with E-state index in [1.807, 2.05) is 6.20 Å². The molecule has 2 aliphatic heterocycles. The number of anilines is 1. The summed E-state index contributed by atoms with van der Waals surface area (Å²) in [6.45, 7) is 5.69. The lowest BCUT2D eigenvalue weighted by Gasteiger charge is -2.32. The Labute approximate surface area is 135 Å². The first-order chi connectivity index (χ1) is 10.2. The molecule has 1 aromatic rings. The van der Waals surface area contributed by atoms with Crippen LogP contribution in [0.4, 0.5) is 5.82 Å². The second-order valence-electron chi connectivity index (χ2n) is 6.25. The molecule has 2 saturated heterocycles. The minimum Gasteiger partial charge on any atom is -0.395 e. The van der Waals surface area contributed by atoms with Crippen molar-refractivity contribution in [2.75, 3.05) is 31.1 Å². The number of nitrogens with zero attached hydrogens (tertiary/aromatic N) is 3. The van der Waals surface area contributed by atoms with Gasteiger partial charge in [-0.3, -0.25) is 4.90 Å². The maximum atomic E-state index is 9.49. The van der Waals surface area contributed by atoms with Crippen molar-refractivity contribution >= 4 is 21.7 Å². The van der Waals surface area contributed by atoms with Crippen molar-refractivity contribution in [3.05, 3.63) is 22.3 Å². The van der Waals surface area contributed by atoms with Crippen molar-refractivity contribution in [3.8, 4) is 0 Å². The van der Waals surface area contributed by atoms with Crippen LogP contribution in [0.3, 0.4) is 0 Å². The molecule has 0 radical (unpaired) electrons. The van der Waals surface area contributed by atoms with Crippen molar-refractivity contribution in [3.63, 3.8) is 0 Å². The fourth-order valence-electron chi connectivity index (χ4n) is 3.62. The van der Waals surface area contributed by atoms with Crippen LogP contribution in [-0.2, 0) is 0 Å². The molecule has 3 heterocycles. The lowest BCUT2D eigenvalue weighted by Crippen LogP contribution is -2.43. The lowest BCUT2D eigenvalue weighted by atomic mass is 10.1. The number of pyridine rings is 1. The molecular weight excluding hydrogens is 330 g/mol. The summed E-state index contributed by atoms with van der Waals surface area (Å²) in [5.74, 6) is 1.10. The van der Waals surface area contributed by atoms with Gasteiger partial charge in [-0.15, -0.1) is 0 Å². The largest absolute Gasteiger partial charge is 0.395 e. The van der Waals surface area contributed by atoms with Gasteiger partial charge in [0.25, 0.3) is 0 Å². The van der Waals surface area contributed by atoms with Crippen molar-refractivity contribution < 1.29 is 5.11 Å². The zero-order chi connectivity index (χ0) is 14.8. The Balaban J connectivity index is 1.71. The third-order valence-electron chi connectivity index (χ3n) is 4.86. The van der Waals surface area contributed by atoms with E-state index in [0.29, 0.717) is 18.7 Å². The molecule has 0 spiro atoms. The topological polar surface area (TPSA) is 39.6 Å². The van der Waals surface area contributed by atoms with Crippen molar-refractivity contribution in [2.24, 2.45) is 0 Å². The number of aliphatic hydroxyl groups is 1. The van der Waals surface area contributed by atoms with Crippen molar-refractivity contribution in [1.29, 1.82) is 0 Å². The first kappa shape index (κ1) is 15.3. The number of likely N-dealkylation sites (tertiary alicyclic amines) is 1. The molecule has 0 amide bonds. The Morgan fingerprint density at radius 3 is 2.81 bits per heavy atom. The molecule has 2 aliphatic rings. The average Bonchev–Trinajstić information content (AvgIpc) is 3.11. The summed E-state index contributed by atoms with van der Waals surface area (Å²) in [5, 5.41) is 9.49. The van der Waals surface area contributed by atoms with E-state index in [0.717, 1.165) is 36.3 Å². The second-order valence-corrected chi connectivity index (χ2v) is 7.11. The molecule has 4 nitrogen and oxygen atoms in total. The highest BCUT2D eigenvalue weighted by molar-refractivity contribution is 9.10. The highest BCUT2D eigenvalue weighted by Crippen LogP contribution is 2.28. The van der Waals surface area contributed by atoms with Gasteiger partial charge in [-0.2, -0.15) is 0 Å². The van der Waals surface area contributed by atoms with E-state index < -0.39 is 0 Å². The van der Waals surface area contributed by atoms with Gasteiger partial charge >= 0.3 is 0 Å². The van der Waals surface area contributed by atoms with E-state index in [9.17, 15) is 5.11 Å². The Bertz CT molecular complexity index is 496. The summed E-state index contributed by atoms with van der Waals surface area (Å²) in [6, 6.07) is 3.08. The highest BCUT2D eigenvalue weighted by Gasteiger charge is 2.31. The first-order valence-electron chi connectivity index (χ1n) is 7.92. The number of aromatic nitrogens is 1. The van der Waals surface area contributed by atoms with Gasteiger partial charge in [0.2, 0.25) is 0 Å². The van der Waals surface area contributed by atoms with E-state index in [-0.39, 0.29) is 0 Å². The van der Waals surface area contributed by atoms with Crippen LogP contribution < -0.4 is 4.90 Å². The zero-order valence-electron chi connectivity index (χ0n) is 12.6. The third-order valence-corrected chi connectivity index (χ3v) is 5.69. The molecule has 2 fully saturated rings. The number of hydrogen-bond donors (Lipinski definition) is 1. The second kappa shape index (κ2) is 6.63.